The Kier molecular flexibility index (Phi) is 3.42. The molecule has 2 aromatic heterocycles. The third-order valence-corrected chi connectivity index (χ3v) is 3.69. The molecule has 0 spiro atoms. The number of benzene rings is 1. The Balaban J connectivity index is 1.67. The van der Waals surface area contributed by atoms with Crippen molar-refractivity contribution in [3.63, 3.8) is 0 Å². The van der Waals surface area contributed by atoms with Gasteiger partial charge in [0.25, 0.3) is 5.89 Å². The maximum atomic E-state index is 5.53. The molecule has 0 aliphatic heterocycles. The molecular formula is C13H13N5OS. The minimum absolute atomic E-state index is 0.397. The van der Waals surface area contributed by atoms with Gasteiger partial charge in [-0.1, -0.05) is 22.9 Å². The van der Waals surface area contributed by atoms with Crippen LogP contribution in [0.15, 0.2) is 39.8 Å². The monoisotopic (exact) mass is 287 g/mol. The van der Waals surface area contributed by atoms with Crippen molar-refractivity contribution in [3.05, 3.63) is 41.7 Å². The minimum Gasteiger partial charge on any atom is -0.382 e. The van der Waals surface area contributed by atoms with Gasteiger partial charge in [-0.15, -0.1) is 11.8 Å². The lowest BCUT2D eigenvalue weighted by molar-refractivity contribution is 0.424. The van der Waals surface area contributed by atoms with Gasteiger partial charge in [-0.2, -0.15) is 10.1 Å². The number of rotatable bonds is 4. The molecule has 0 saturated carbocycles. The van der Waals surface area contributed by atoms with Gasteiger partial charge in [0.05, 0.1) is 5.75 Å². The molecule has 0 amide bonds. The van der Waals surface area contributed by atoms with E-state index in [2.05, 4.69) is 51.5 Å². The summed E-state index contributed by atoms with van der Waals surface area (Å²) in [6.07, 6.45) is 0. The number of anilines is 1. The first-order valence-electron chi connectivity index (χ1n) is 6.04. The van der Waals surface area contributed by atoms with Crippen LogP contribution in [0.1, 0.15) is 11.4 Å². The van der Waals surface area contributed by atoms with Gasteiger partial charge in [0.1, 0.15) is 11.5 Å². The predicted molar refractivity (Wildman–Crippen MR) is 77.0 cm³/mol. The van der Waals surface area contributed by atoms with E-state index in [9.17, 15) is 0 Å². The molecule has 6 nitrogen and oxygen atoms in total. The second-order valence-corrected chi connectivity index (χ2v) is 5.37. The molecule has 0 radical (unpaired) electrons. The lowest BCUT2D eigenvalue weighted by atomic mass is 10.2. The molecule has 102 valence electrons. The largest absolute Gasteiger partial charge is 0.382 e. The number of nitrogens with two attached hydrogens (primary N) is 1. The lowest BCUT2D eigenvalue weighted by Gasteiger charge is -1.98. The summed E-state index contributed by atoms with van der Waals surface area (Å²) < 4.78 is 5.17. The van der Waals surface area contributed by atoms with Crippen LogP contribution in [-0.2, 0) is 5.75 Å². The number of hydrogen-bond donors (Lipinski definition) is 2. The Morgan fingerprint density at radius 2 is 2.10 bits per heavy atom. The summed E-state index contributed by atoms with van der Waals surface area (Å²) >= 11 is 1.66. The van der Waals surface area contributed by atoms with Crippen molar-refractivity contribution in [2.45, 2.75) is 17.6 Å². The van der Waals surface area contributed by atoms with Gasteiger partial charge in [0.15, 0.2) is 5.82 Å². The molecule has 0 saturated heterocycles. The van der Waals surface area contributed by atoms with Gasteiger partial charge < -0.3 is 10.3 Å². The van der Waals surface area contributed by atoms with Crippen LogP contribution in [0.2, 0.25) is 0 Å². The summed E-state index contributed by atoms with van der Waals surface area (Å²) in [5, 5.41) is 10.5. The van der Waals surface area contributed by atoms with E-state index in [1.54, 1.807) is 17.8 Å². The first kappa shape index (κ1) is 12.7. The number of thioether (sulfide) groups is 1. The van der Waals surface area contributed by atoms with Gasteiger partial charge in [-0.05, 0) is 19.1 Å². The number of nitrogens with one attached hydrogen (secondary N) is 1. The normalized spacial score (nSPS) is 10.8. The van der Waals surface area contributed by atoms with E-state index in [1.165, 1.54) is 10.5 Å². The highest BCUT2D eigenvalue weighted by atomic mass is 32.2. The molecule has 1 aromatic carbocycles. The van der Waals surface area contributed by atoms with Crippen LogP contribution in [0.25, 0.3) is 11.6 Å². The van der Waals surface area contributed by atoms with Crippen LogP contribution >= 0.6 is 11.8 Å². The van der Waals surface area contributed by atoms with Crippen molar-refractivity contribution in [1.82, 2.24) is 20.3 Å². The number of aromatic nitrogens is 4. The average molecular weight is 287 g/mol. The first-order valence-corrected chi connectivity index (χ1v) is 7.02. The minimum atomic E-state index is 0.397. The van der Waals surface area contributed by atoms with Gasteiger partial charge in [-0.25, -0.2) is 0 Å². The fourth-order valence-corrected chi connectivity index (χ4v) is 2.39. The first-order chi connectivity index (χ1) is 9.70. The Labute approximate surface area is 119 Å². The standard InChI is InChI=1S/C13H13N5OS/c1-8-2-4-9(5-3-8)20-7-12-15-13(19-18-12)10-6-11(14)17-16-10/h2-6H,7H2,1H3,(H3,14,16,17). The number of aromatic amines is 1. The molecule has 20 heavy (non-hydrogen) atoms. The summed E-state index contributed by atoms with van der Waals surface area (Å²) in [4.78, 5) is 5.47. The van der Waals surface area contributed by atoms with Crippen LogP contribution in [0.3, 0.4) is 0 Å². The summed E-state index contributed by atoms with van der Waals surface area (Å²) in [6, 6.07) is 9.98. The van der Waals surface area contributed by atoms with Crippen molar-refractivity contribution in [2.75, 3.05) is 5.73 Å². The summed E-state index contributed by atoms with van der Waals surface area (Å²) in [5.74, 6) is 2.08. The van der Waals surface area contributed by atoms with Crippen LogP contribution in [0.4, 0.5) is 5.82 Å². The highest BCUT2D eigenvalue weighted by Gasteiger charge is 2.11. The van der Waals surface area contributed by atoms with Gasteiger partial charge in [0.2, 0.25) is 0 Å². The molecule has 3 N–H and O–H groups in total. The average Bonchev–Trinajstić information content (AvgIpc) is 3.07. The van der Waals surface area contributed by atoms with Crippen molar-refractivity contribution in [3.8, 4) is 11.6 Å². The molecule has 0 unspecified atom stereocenters. The summed E-state index contributed by atoms with van der Waals surface area (Å²) in [5.41, 5.74) is 7.40. The van der Waals surface area contributed by atoms with E-state index < -0.39 is 0 Å². The second kappa shape index (κ2) is 5.38. The number of nitrogen functional groups attached to an aromatic ring is 1. The van der Waals surface area contributed by atoms with E-state index in [4.69, 9.17) is 10.3 Å². The zero-order chi connectivity index (χ0) is 13.9. The molecule has 2 heterocycles. The summed E-state index contributed by atoms with van der Waals surface area (Å²) in [6.45, 7) is 2.07. The number of hydrogen-bond acceptors (Lipinski definition) is 6. The quantitative estimate of drug-likeness (QED) is 0.716. The molecule has 3 aromatic rings. The van der Waals surface area contributed by atoms with Crippen molar-refractivity contribution >= 4 is 17.6 Å². The van der Waals surface area contributed by atoms with E-state index in [-0.39, 0.29) is 0 Å². The fourth-order valence-electron chi connectivity index (χ4n) is 1.65. The molecule has 0 aliphatic rings. The van der Waals surface area contributed by atoms with E-state index in [0.717, 1.165) is 0 Å². The highest BCUT2D eigenvalue weighted by molar-refractivity contribution is 7.98. The SMILES string of the molecule is Cc1ccc(SCc2noc(-c3cc(N)n[nH]3)n2)cc1. The topological polar surface area (TPSA) is 93.6 Å². The maximum absolute atomic E-state index is 5.53. The molecule has 3 rings (SSSR count). The number of H-pyrrole nitrogens is 1. The Morgan fingerprint density at radius 1 is 1.30 bits per heavy atom. The van der Waals surface area contributed by atoms with Crippen LogP contribution in [0.5, 0.6) is 0 Å². The maximum Gasteiger partial charge on any atom is 0.276 e. The van der Waals surface area contributed by atoms with Crippen molar-refractivity contribution in [1.29, 1.82) is 0 Å². The Bertz CT molecular complexity index is 704. The molecule has 0 fully saturated rings. The van der Waals surface area contributed by atoms with Gasteiger partial charge >= 0.3 is 0 Å². The fraction of sp³-hybridized carbons (Fsp3) is 0.154. The summed E-state index contributed by atoms with van der Waals surface area (Å²) in [7, 11) is 0. The van der Waals surface area contributed by atoms with Crippen molar-refractivity contribution in [2.24, 2.45) is 0 Å². The Hall–Kier alpha value is -2.28. The van der Waals surface area contributed by atoms with E-state index in [1.807, 2.05) is 0 Å². The van der Waals surface area contributed by atoms with E-state index in [0.29, 0.717) is 29.0 Å². The van der Waals surface area contributed by atoms with Crippen LogP contribution in [0, 0.1) is 6.92 Å². The van der Waals surface area contributed by atoms with E-state index >= 15 is 0 Å². The Morgan fingerprint density at radius 3 is 2.80 bits per heavy atom. The zero-order valence-electron chi connectivity index (χ0n) is 10.8. The highest BCUT2D eigenvalue weighted by Crippen LogP contribution is 2.23. The predicted octanol–water partition coefficient (Wildman–Crippen LogP) is 2.64. The lowest BCUT2D eigenvalue weighted by Crippen LogP contribution is -1.84. The van der Waals surface area contributed by atoms with Crippen molar-refractivity contribution < 1.29 is 4.52 Å². The third kappa shape index (κ3) is 2.83. The van der Waals surface area contributed by atoms with Gasteiger partial charge in [0, 0.05) is 11.0 Å². The molecule has 7 heteroatoms. The smallest absolute Gasteiger partial charge is 0.276 e. The number of nitrogens with zero attached hydrogens (tertiary/aromatic N) is 3. The van der Waals surface area contributed by atoms with Crippen LogP contribution in [-0.4, -0.2) is 20.3 Å². The molecule has 0 atom stereocenters. The van der Waals surface area contributed by atoms with Gasteiger partial charge in [-0.3, -0.25) is 5.10 Å². The third-order valence-electron chi connectivity index (χ3n) is 2.69. The molecule has 0 bridgehead atoms. The molecule has 0 aliphatic carbocycles. The second-order valence-electron chi connectivity index (χ2n) is 4.32. The zero-order valence-corrected chi connectivity index (χ0v) is 11.6. The van der Waals surface area contributed by atoms with Crippen LogP contribution < -0.4 is 5.73 Å². The number of aryl methyl sites for hydroxylation is 1. The molecular weight excluding hydrogens is 274 g/mol.